The molecule has 0 atom stereocenters. The Morgan fingerprint density at radius 2 is 0.729 bits per heavy atom. The van der Waals surface area contributed by atoms with Crippen molar-refractivity contribution in [3.63, 3.8) is 0 Å². The number of benzene rings is 8. The number of hydrogen-bond acceptors (Lipinski definition) is 6. The molecule has 0 amide bonds. The second kappa shape index (κ2) is 16.8. The maximum atomic E-state index is 11.9. The fourth-order valence-electron chi connectivity index (χ4n) is 7.19. The Kier molecular flexibility index (Phi) is 10.9. The van der Waals surface area contributed by atoms with Crippen molar-refractivity contribution >= 4 is 67.6 Å². The number of hydrogen-bond donors (Lipinski definition) is 0. The molecule has 0 unspecified atom stereocenters. The van der Waals surface area contributed by atoms with E-state index in [4.69, 9.17) is 9.47 Å². The Labute approximate surface area is 344 Å². The smallest absolute Gasteiger partial charge is 0.335 e. The zero-order valence-electron chi connectivity index (χ0n) is 33.0. The van der Waals surface area contributed by atoms with E-state index in [1.807, 2.05) is 36.4 Å². The van der Waals surface area contributed by atoms with Crippen LogP contribution in [0.2, 0.25) is 0 Å². The highest BCUT2D eigenvalue weighted by molar-refractivity contribution is 5.94. The first-order valence-electron chi connectivity index (χ1n) is 19.4. The molecule has 0 bridgehead atoms. The highest BCUT2D eigenvalue weighted by atomic mass is 16.5. The van der Waals surface area contributed by atoms with Gasteiger partial charge in [0.15, 0.2) is 0 Å². The van der Waals surface area contributed by atoms with Gasteiger partial charge >= 0.3 is 11.9 Å². The summed E-state index contributed by atoms with van der Waals surface area (Å²) in [5.41, 5.74) is 11.1. The first kappa shape index (κ1) is 38.2. The van der Waals surface area contributed by atoms with E-state index in [0.29, 0.717) is 11.5 Å². The van der Waals surface area contributed by atoms with Gasteiger partial charge in [0, 0.05) is 46.3 Å². The monoisotopic (exact) mass is 770 g/mol. The molecular weight excluding hydrogens is 729 g/mol. The average molecular weight is 771 g/mol. The number of aryl methyl sites for hydroxylation is 2. The van der Waals surface area contributed by atoms with Crippen LogP contribution >= 0.6 is 0 Å². The van der Waals surface area contributed by atoms with Crippen LogP contribution in [-0.2, 0) is 16.0 Å². The second-order valence-corrected chi connectivity index (χ2v) is 14.5. The van der Waals surface area contributed by atoms with E-state index in [0.717, 1.165) is 74.2 Å². The summed E-state index contributed by atoms with van der Waals surface area (Å²) in [4.78, 5) is 28.2. The van der Waals surface area contributed by atoms with Gasteiger partial charge < -0.3 is 19.3 Å². The SMILES string of the molecule is C=CC(=O)Oc1ccc2cc(N(c3ccc(Cc4ccc(N(c5ccc(C)cc5)c5ccc(C)cc5)cc4)cc3)c3ccc4cc(OC(=O)C=C)ccc4c3)ccc2c1. The lowest BCUT2D eigenvalue weighted by atomic mass is 10.0. The molecule has 0 aliphatic rings. The maximum absolute atomic E-state index is 11.9. The molecule has 8 aromatic carbocycles. The Morgan fingerprint density at radius 3 is 1.10 bits per heavy atom. The molecular formula is C53H42N2O4. The molecule has 0 N–H and O–H groups in total. The fourth-order valence-corrected chi connectivity index (χ4v) is 7.19. The molecule has 0 radical (unpaired) electrons. The van der Waals surface area contributed by atoms with Crippen LogP contribution in [0.4, 0.5) is 34.1 Å². The van der Waals surface area contributed by atoms with Gasteiger partial charge in [-0.2, -0.15) is 0 Å². The Bertz CT molecular complexity index is 2680. The molecule has 8 rings (SSSR count). The van der Waals surface area contributed by atoms with Crippen LogP contribution in [0.5, 0.6) is 11.5 Å². The summed E-state index contributed by atoms with van der Waals surface area (Å²) in [6.07, 6.45) is 3.08. The summed E-state index contributed by atoms with van der Waals surface area (Å²) in [6.45, 7) is 11.2. The van der Waals surface area contributed by atoms with Crippen LogP contribution in [0.1, 0.15) is 22.3 Å². The van der Waals surface area contributed by atoms with Crippen LogP contribution in [0.15, 0.2) is 195 Å². The summed E-state index contributed by atoms with van der Waals surface area (Å²) >= 11 is 0. The van der Waals surface area contributed by atoms with Crippen molar-refractivity contribution in [2.45, 2.75) is 20.3 Å². The number of anilines is 6. The molecule has 59 heavy (non-hydrogen) atoms. The third kappa shape index (κ3) is 8.68. The molecule has 0 fully saturated rings. The first-order chi connectivity index (χ1) is 28.7. The Morgan fingerprint density at radius 1 is 0.424 bits per heavy atom. The zero-order chi connectivity index (χ0) is 40.9. The van der Waals surface area contributed by atoms with Gasteiger partial charge in [0.05, 0.1) is 0 Å². The number of esters is 2. The van der Waals surface area contributed by atoms with Gasteiger partial charge in [-0.1, -0.05) is 97.1 Å². The van der Waals surface area contributed by atoms with Gasteiger partial charge in [-0.05, 0) is 150 Å². The molecule has 0 saturated heterocycles. The fraction of sp³-hybridized carbons (Fsp3) is 0.0566. The number of carbonyl (C=O) groups is 2. The van der Waals surface area contributed by atoms with E-state index in [9.17, 15) is 9.59 Å². The third-order valence-electron chi connectivity index (χ3n) is 10.3. The zero-order valence-corrected chi connectivity index (χ0v) is 33.0. The van der Waals surface area contributed by atoms with Gasteiger partial charge in [-0.3, -0.25) is 0 Å². The lowest BCUT2D eigenvalue weighted by molar-refractivity contribution is -0.129. The van der Waals surface area contributed by atoms with Crippen LogP contribution < -0.4 is 19.3 Å². The van der Waals surface area contributed by atoms with E-state index in [1.54, 1.807) is 12.1 Å². The van der Waals surface area contributed by atoms with Crippen molar-refractivity contribution in [2.24, 2.45) is 0 Å². The molecule has 288 valence electrons. The minimum atomic E-state index is -0.502. The van der Waals surface area contributed by atoms with Gasteiger partial charge in [0.25, 0.3) is 0 Å². The van der Waals surface area contributed by atoms with Crippen molar-refractivity contribution in [1.29, 1.82) is 0 Å². The van der Waals surface area contributed by atoms with E-state index in [-0.39, 0.29) is 0 Å². The summed E-state index contributed by atoms with van der Waals surface area (Å²) < 4.78 is 10.8. The van der Waals surface area contributed by atoms with Crippen LogP contribution in [0, 0.1) is 13.8 Å². The summed E-state index contributed by atoms with van der Waals surface area (Å²) in [5.74, 6) is -0.0879. The van der Waals surface area contributed by atoms with Gasteiger partial charge in [-0.25, -0.2) is 9.59 Å². The van der Waals surface area contributed by atoms with Gasteiger partial charge in [-0.15, -0.1) is 0 Å². The lowest BCUT2D eigenvalue weighted by Gasteiger charge is -2.26. The molecule has 0 saturated carbocycles. The summed E-state index contributed by atoms with van der Waals surface area (Å²) in [5, 5.41) is 3.85. The molecule has 6 heteroatoms. The third-order valence-corrected chi connectivity index (χ3v) is 10.3. The topological polar surface area (TPSA) is 59.1 Å². The Balaban J connectivity index is 1.10. The van der Waals surface area contributed by atoms with Crippen molar-refractivity contribution in [2.75, 3.05) is 9.80 Å². The second-order valence-electron chi connectivity index (χ2n) is 14.5. The van der Waals surface area contributed by atoms with Crippen LogP contribution in [0.3, 0.4) is 0 Å². The van der Waals surface area contributed by atoms with Crippen LogP contribution in [0.25, 0.3) is 21.5 Å². The minimum Gasteiger partial charge on any atom is -0.423 e. The summed E-state index contributed by atoms with van der Waals surface area (Å²) in [6, 6.07) is 58.4. The number of ether oxygens (including phenoxy) is 2. The predicted octanol–water partition coefficient (Wildman–Crippen LogP) is 13.3. The number of carbonyl (C=O) groups excluding carboxylic acids is 2. The molecule has 6 nitrogen and oxygen atoms in total. The first-order valence-corrected chi connectivity index (χ1v) is 19.4. The maximum Gasteiger partial charge on any atom is 0.335 e. The van der Waals surface area contributed by atoms with E-state index in [2.05, 4.69) is 158 Å². The van der Waals surface area contributed by atoms with E-state index in [1.165, 1.54) is 22.3 Å². The van der Waals surface area contributed by atoms with Crippen molar-refractivity contribution < 1.29 is 19.1 Å². The van der Waals surface area contributed by atoms with E-state index >= 15 is 0 Å². The number of nitrogens with zero attached hydrogens (tertiary/aromatic N) is 2. The molecule has 0 aliphatic heterocycles. The summed E-state index contributed by atoms with van der Waals surface area (Å²) in [7, 11) is 0. The largest absolute Gasteiger partial charge is 0.423 e. The molecule has 0 spiro atoms. The van der Waals surface area contributed by atoms with Gasteiger partial charge in [0.1, 0.15) is 11.5 Å². The molecule has 0 aromatic heterocycles. The standard InChI is InChI=1S/C53H42N2O4/c1-5-52(56)58-50-29-17-40-32-48(27-15-42(40)34-50)55(49-28-16-43-35-51(59-53(57)6-2)30-18-41(43)33-49)47-25-13-39(14-26-47)31-38-11-23-46(24-12-38)54(44-19-7-36(3)8-20-44)45-21-9-37(4)10-22-45/h5-30,32-35H,1-2,31H2,3-4H3. The highest BCUT2D eigenvalue weighted by Gasteiger charge is 2.16. The predicted molar refractivity (Wildman–Crippen MR) is 241 cm³/mol. The minimum absolute atomic E-state index is 0.458. The molecule has 0 heterocycles. The van der Waals surface area contributed by atoms with Crippen molar-refractivity contribution in [3.05, 3.63) is 217 Å². The average Bonchev–Trinajstić information content (AvgIpc) is 3.26. The molecule has 0 aliphatic carbocycles. The quantitative estimate of drug-likeness (QED) is 0.0700. The lowest BCUT2D eigenvalue weighted by Crippen LogP contribution is -2.10. The van der Waals surface area contributed by atoms with Gasteiger partial charge in [0.2, 0.25) is 0 Å². The normalized spacial score (nSPS) is 10.9. The Hall–Kier alpha value is -7.70. The number of fused-ring (bicyclic) bond motifs is 2. The molecule has 8 aromatic rings. The van der Waals surface area contributed by atoms with Crippen molar-refractivity contribution in [1.82, 2.24) is 0 Å². The highest BCUT2D eigenvalue weighted by Crippen LogP contribution is 2.39. The van der Waals surface area contributed by atoms with E-state index < -0.39 is 11.9 Å². The number of rotatable bonds is 12. The van der Waals surface area contributed by atoms with Crippen LogP contribution in [-0.4, -0.2) is 11.9 Å². The van der Waals surface area contributed by atoms with Crippen molar-refractivity contribution in [3.8, 4) is 11.5 Å².